The van der Waals surface area contributed by atoms with Crippen LogP contribution in [0.3, 0.4) is 0 Å². The molecule has 1 amide bonds. The zero-order valence-corrected chi connectivity index (χ0v) is 11.6. The van der Waals surface area contributed by atoms with E-state index in [1.807, 2.05) is 0 Å². The Morgan fingerprint density at radius 1 is 1.32 bits per heavy atom. The first kappa shape index (κ1) is 15.5. The molecule has 1 aromatic heterocycles. The number of aliphatic hydroxyl groups excluding tert-OH is 1. The summed E-state index contributed by atoms with van der Waals surface area (Å²) in [7, 11) is 0. The summed E-state index contributed by atoms with van der Waals surface area (Å²) < 4.78 is 5.00. The van der Waals surface area contributed by atoms with Gasteiger partial charge in [-0.15, -0.1) is 0 Å². The van der Waals surface area contributed by atoms with Crippen molar-refractivity contribution in [1.29, 1.82) is 0 Å². The Labute approximate surface area is 126 Å². The van der Waals surface area contributed by atoms with Gasteiger partial charge in [-0.25, -0.2) is 0 Å². The van der Waals surface area contributed by atoms with Crippen LogP contribution in [0.2, 0.25) is 0 Å². The average molecular weight is 302 g/mol. The smallest absolute Gasteiger partial charge is 0.401 e. The van der Waals surface area contributed by atoms with Crippen molar-refractivity contribution in [2.75, 3.05) is 13.2 Å². The number of carbonyl (C=O) groups is 1. The molecule has 0 unspecified atom stereocenters. The first-order valence-corrected chi connectivity index (χ1v) is 6.51. The molecular weight excluding hydrogens is 288 g/mol. The third kappa shape index (κ3) is 4.03. The van der Waals surface area contributed by atoms with E-state index in [2.05, 4.69) is 5.32 Å². The fraction of sp³-hybridized carbons (Fsp3) is 0.133. The number of benzene rings is 1. The third-order valence-electron chi connectivity index (χ3n) is 2.78. The molecule has 0 aliphatic carbocycles. The molecule has 2 N–H and O–H groups in total. The van der Waals surface area contributed by atoms with Gasteiger partial charge >= 0.3 is 5.88 Å². The SMILES string of the molecule is O=C(NCCO)c1cccc(/C=C/c2ccc([N+](=O)[O-])o2)c1. The van der Waals surface area contributed by atoms with Crippen LogP contribution < -0.4 is 5.32 Å². The van der Waals surface area contributed by atoms with E-state index < -0.39 is 4.92 Å². The molecule has 0 bridgehead atoms. The molecule has 0 aliphatic rings. The lowest BCUT2D eigenvalue weighted by molar-refractivity contribution is -0.402. The van der Waals surface area contributed by atoms with Gasteiger partial charge in [0.2, 0.25) is 0 Å². The van der Waals surface area contributed by atoms with Crippen molar-refractivity contribution in [2.45, 2.75) is 0 Å². The fourth-order valence-corrected chi connectivity index (χ4v) is 1.76. The van der Waals surface area contributed by atoms with Gasteiger partial charge in [-0.3, -0.25) is 14.9 Å². The number of carbonyl (C=O) groups excluding carboxylic acids is 1. The normalized spacial score (nSPS) is 10.8. The van der Waals surface area contributed by atoms with E-state index in [1.54, 1.807) is 36.4 Å². The van der Waals surface area contributed by atoms with Gasteiger partial charge in [0, 0.05) is 12.1 Å². The van der Waals surface area contributed by atoms with E-state index in [0.717, 1.165) is 5.56 Å². The van der Waals surface area contributed by atoms with Gasteiger partial charge in [0.05, 0.1) is 12.7 Å². The molecule has 7 nitrogen and oxygen atoms in total. The van der Waals surface area contributed by atoms with Crippen LogP contribution in [0.4, 0.5) is 5.88 Å². The van der Waals surface area contributed by atoms with Crippen LogP contribution in [0, 0.1) is 10.1 Å². The zero-order valence-electron chi connectivity index (χ0n) is 11.6. The van der Waals surface area contributed by atoms with Gasteiger partial charge in [-0.05, 0) is 29.8 Å². The van der Waals surface area contributed by atoms with Crippen LogP contribution in [-0.2, 0) is 0 Å². The monoisotopic (exact) mass is 302 g/mol. The van der Waals surface area contributed by atoms with E-state index in [9.17, 15) is 14.9 Å². The number of nitrogens with one attached hydrogen (secondary N) is 1. The van der Waals surface area contributed by atoms with E-state index in [4.69, 9.17) is 9.52 Å². The van der Waals surface area contributed by atoms with Crippen LogP contribution in [0.15, 0.2) is 40.8 Å². The average Bonchev–Trinajstić information content (AvgIpc) is 3.00. The Kier molecular flexibility index (Phi) is 5.05. The summed E-state index contributed by atoms with van der Waals surface area (Å²) in [5, 5.41) is 21.8. The minimum absolute atomic E-state index is 0.122. The van der Waals surface area contributed by atoms with Crippen LogP contribution in [0.25, 0.3) is 12.2 Å². The van der Waals surface area contributed by atoms with Gasteiger partial charge in [0.15, 0.2) is 0 Å². The molecule has 1 aromatic carbocycles. The molecule has 0 atom stereocenters. The maximum absolute atomic E-state index is 11.8. The highest BCUT2D eigenvalue weighted by molar-refractivity contribution is 5.94. The van der Waals surface area contributed by atoms with Crippen LogP contribution >= 0.6 is 0 Å². The predicted molar refractivity (Wildman–Crippen MR) is 80.2 cm³/mol. The van der Waals surface area contributed by atoms with Crippen LogP contribution in [-0.4, -0.2) is 29.1 Å². The largest absolute Gasteiger partial charge is 0.433 e. The summed E-state index contributed by atoms with van der Waals surface area (Å²) in [4.78, 5) is 21.7. The molecule has 114 valence electrons. The number of aliphatic hydroxyl groups is 1. The molecule has 7 heteroatoms. The highest BCUT2D eigenvalue weighted by Crippen LogP contribution is 2.18. The number of furan rings is 1. The number of amides is 1. The van der Waals surface area contributed by atoms with Crippen molar-refractivity contribution >= 4 is 23.9 Å². The zero-order chi connectivity index (χ0) is 15.9. The summed E-state index contributed by atoms with van der Waals surface area (Å²) >= 11 is 0. The number of nitro groups is 1. The van der Waals surface area contributed by atoms with Crippen molar-refractivity contribution in [2.24, 2.45) is 0 Å². The topological polar surface area (TPSA) is 106 Å². The second kappa shape index (κ2) is 7.19. The molecule has 0 radical (unpaired) electrons. The molecule has 0 saturated carbocycles. The number of nitrogens with zero attached hydrogens (tertiary/aromatic N) is 1. The lowest BCUT2D eigenvalue weighted by Gasteiger charge is -2.03. The molecule has 0 fully saturated rings. The predicted octanol–water partition coefficient (Wildman–Crippen LogP) is 2.08. The molecule has 22 heavy (non-hydrogen) atoms. The first-order chi connectivity index (χ1) is 10.6. The Morgan fingerprint density at radius 2 is 2.14 bits per heavy atom. The lowest BCUT2D eigenvalue weighted by Crippen LogP contribution is -2.26. The van der Waals surface area contributed by atoms with Gasteiger partial charge in [0.1, 0.15) is 10.7 Å². The fourth-order valence-electron chi connectivity index (χ4n) is 1.76. The second-order valence-corrected chi connectivity index (χ2v) is 4.37. The summed E-state index contributed by atoms with van der Waals surface area (Å²) in [5.41, 5.74) is 1.21. The van der Waals surface area contributed by atoms with Crippen molar-refractivity contribution in [3.63, 3.8) is 0 Å². The Bertz CT molecular complexity index is 705. The molecule has 0 saturated heterocycles. The minimum atomic E-state index is -0.608. The lowest BCUT2D eigenvalue weighted by atomic mass is 10.1. The van der Waals surface area contributed by atoms with E-state index in [1.165, 1.54) is 12.1 Å². The van der Waals surface area contributed by atoms with Gasteiger partial charge in [-0.1, -0.05) is 18.2 Å². The van der Waals surface area contributed by atoms with Crippen molar-refractivity contribution in [1.82, 2.24) is 5.32 Å². The number of hydrogen-bond donors (Lipinski definition) is 2. The standard InChI is InChI=1S/C15H14N2O5/c18-9-8-16-15(19)12-3-1-2-11(10-12)4-5-13-6-7-14(22-13)17(20)21/h1-7,10,18H,8-9H2,(H,16,19)/b5-4+. The van der Waals surface area contributed by atoms with Gasteiger partial charge < -0.3 is 14.8 Å². The van der Waals surface area contributed by atoms with Crippen LogP contribution in [0.1, 0.15) is 21.7 Å². The van der Waals surface area contributed by atoms with Crippen LogP contribution in [0.5, 0.6) is 0 Å². The Morgan fingerprint density at radius 3 is 2.82 bits per heavy atom. The van der Waals surface area contributed by atoms with Crippen molar-refractivity contribution < 1.29 is 19.2 Å². The summed E-state index contributed by atoms with van der Waals surface area (Å²) in [6.45, 7) is 0.0670. The molecule has 2 aromatic rings. The summed E-state index contributed by atoms with van der Waals surface area (Å²) in [6, 6.07) is 9.60. The summed E-state index contributed by atoms with van der Waals surface area (Å²) in [5.74, 6) is -0.253. The summed E-state index contributed by atoms with van der Waals surface area (Å²) in [6.07, 6.45) is 3.27. The number of hydrogen-bond acceptors (Lipinski definition) is 5. The molecular formula is C15H14N2O5. The van der Waals surface area contributed by atoms with Gasteiger partial charge in [0.25, 0.3) is 5.91 Å². The number of rotatable bonds is 6. The second-order valence-electron chi connectivity index (χ2n) is 4.37. The minimum Gasteiger partial charge on any atom is -0.401 e. The van der Waals surface area contributed by atoms with E-state index in [0.29, 0.717) is 11.3 Å². The van der Waals surface area contributed by atoms with E-state index in [-0.39, 0.29) is 24.9 Å². The highest BCUT2D eigenvalue weighted by atomic mass is 16.6. The Hall–Kier alpha value is -2.93. The van der Waals surface area contributed by atoms with Crippen molar-refractivity contribution in [3.8, 4) is 0 Å². The van der Waals surface area contributed by atoms with Gasteiger partial charge in [-0.2, -0.15) is 0 Å². The molecule has 0 aliphatic heterocycles. The molecule has 0 spiro atoms. The maximum Gasteiger partial charge on any atom is 0.433 e. The van der Waals surface area contributed by atoms with Crippen molar-refractivity contribution in [3.05, 3.63) is 63.4 Å². The first-order valence-electron chi connectivity index (χ1n) is 6.51. The molecule has 2 rings (SSSR count). The Balaban J connectivity index is 2.10. The van der Waals surface area contributed by atoms with E-state index >= 15 is 0 Å². The molecule has 1 heterocycles. The third-order valence-corrected chi connectivity index (χ3v) is 2.78. The maximum atomic E-state index is 11.8. The quantitative estimate of drug-likeness (QED) is 0.627. The highest BCUT2D eigenvalue weighted by Gasteiger charge is 2.10.